The van der Waals surface area contributed by atoms with E-state index in [1.54, 1.807) is 19.9 Å². The van der Waals surface area contributed by atoms with E-state index < -0.39 is 123 Å². The number of carbonyl (C=O) groups is 4. The van der Waals surface area contributed by atoms with Gasteiger partial charge in [-0.05, 0) is 57.9 Å². The van der Waals surface area contributed by atoms with Gasteiger partial charge in [-0.15, -0.1) is 0 Å². The summed E-state index contributed by atoms with van der Waals surface area (Å²) in [6.45, 7) is 6.97. The fraction of sp³-hybridized carbons (Fsp3) is 0.800. The number of aliphatic hydroxyl groups is 6. The molecule has 230 valence electrons. The summed E-state index contributed by atoms with van der Waals surface area (Å²) in [6, 6.07) is 0. The number of carbonyl (C=O) groups excluding carboxylic acids is 4. The first kappa shape index (κ1) is 28.7. The maximum Gasteiger partial charge on any atom is 0.343 e. The number of aliphatic hydroxyl groups excluding tert-OH is 4. The van der Waals surface area contributed by atoms with E-state index in [4.69, 9.17) is 9.47 Å². The molecule has 2 aliphatic heterocycles. The summed E-state index contributed by atoms with van der Waals surface area (Å²) in [7, 11) is 0. The van der Waals surface area contributed by atoms with Crippen molar-refractivity contribution in [1.29, 1.82) is 0 Å². The highest BCUT2D eigenvalue weighted by molar-refractivity contribution is 5.97. The molecule has 7 aliphatic rings. The normalized spacial score (nSPS) is 60.6. The Labute approximate surface area is 241 Å². The minimum atomic E-state index is -2.41. The molecule has 5 aliphatic carbocycles. The van der Waals surface area contributed by atoms with Crippen LogP contribution < -0.4 is 0 Å². The van der Waals surface area contributed by atoms with E-state index >= 15 is 0 Å². The summed E-state index contributed by atoms with van der Waals surface area (Å²) in [6.07, 6.45) is -7.48. The van der Waals surface area contributed by atoms with Crippen molar-refractivity contribution in [1.82, 2.24) is 0 Å². The van der Waals surface area contributed by atoms with Crippen LogP contribution in [0.25, 0.3) is 0 Å². The topological polar surface area (TPSA) is 211 Å². The van der Waals surface area contributed by atoms with Gasteiger partial charge in [0.15, 0.2) is 11.4 Å². The Morgan fingerprint density at radius 3 is 2.21 bits per heavy atom. The predicted molar refractivity (Wildman–Crippen MR) is 138 cm³/mol. The Balaban J connectivity index is 1.48. The Morgan fingerprint density at radius 2 is 1.62 bits per heavy atom. The molecule has 12 nitrogen and oxygen atoms in total. The molecule has 17 atom stereocenters. The van der Waals surface area contributed by atoms with Gasteiger partial charge in [-0.3, -0.25) is 14.4 Å². The first-order chi connectivity index (χ1) is 19.4. The van der Waals surface area contributed by atoms with Crippen LogP contribution in [0.15, 0.2) is 11.8 Å². The molecule has 0 aromatic rings. The van der Waals surface area contributed by atoms with Crippen molar-refractivity contribution in [3.05, 3.63) is 11.8 Å². The van der Waals surface area contributed by atoms with E-state index in [1.165, 1.54) is 13.8 Å². The number of fused-ring (bicyclic) bond motifs is 10. The van der Waals surface area contributed by atoms with Crippen LogP contribution in [-0.4, -0.2) is 102 Å². The molecule has 17 unspecified atom stereocenters. The van der Waals surface area contributed by atoms with Gasteiger partial charge in [-0.2, -0.15) is 0 Å². The molecule has 0 bridgehead atoms. The van der Waals surface area contributed by atoms with E-state index in [0.717, 1.165) is 6.92 Å². The van der Waals surface area contributed by atoms with E-state index in [1.807, 2.05) is 0 Å². The van der Waals surface area contributed by atoms with Gasteiger partial charge < -0.3 is 40.1 Å². The number of rotatable bonds is 2. The maximum atomic E-state index is 14.3. The van der Waals surface area contributed by atoms with Crippen molar-refractivity contribution in [2.24, 2.45) is 51.8 Å². The SMILES string of the molecule is CC(=O)C12C(O)CC3C(C(=O)C(O)C4(O)CC5OC5C(O)C34C(C)=O)C1C(O)C1C2C(C)C=C2OC(=O)C(C)(O)C21C. The number of ether oxygens (including phenoxy) is 2. The third-order valence-corrected chi connectivity index (χ3v) is 13.3. The molecule has 0 amide bonds. The molecule has 0 aromatic carbocycles. The zero-order valence-corrected chi connectivity index (χ0v) is 24.1. The second-order valence-corrected chi connectivity index (χ2v) is 14.4. The maximum absolute atomic E-state index is 14.3. The van der Waals surface area contributed by atoms with E-state index in [9.17, 15) is 49.8 Å². The van der Waals surface area contributed by atoms with Gasteiger partial charge in [0.25, 0.3) is 0 Å². The average Bonchev–Trinajstić information content (AvgIpc) is 3.56. The van der Waals surface area contributed by atoms with Crippen LogP contribution >= 0.6 is 0 Å². The molecule has 4 saturated carbocycles. The highest BCUT2D eigenvalue weighted by atomic mass is 16.6. The monoisotopic (exact) mass is 590 g/mol. The highest BCUT2D eigenvalue weighted by Gasteiger charge is 2.85. The fourth-order valence-corrected chi connectivity index (χ4v) is 11.5. The van der Waals surface area contributed by atoms with Gasteiger partial charge in [-0.25, -0.2) is 4.79 Å². The summed E-state index contributed by atoms with van der Waals surface area (Å²) in [4.78, 5) is 54.7. The fourth-order valence-electron chi connectivity index (χ4n) is 11.5. The number of hydrogen-bond donors (Lipinski definition) is 6. The quantitative estimate of drug-likeness (QED) is 0.159. The van der Waals surface area contributed by atoms with Crippen LogP contribution in [0.4, 0.5) is 0 Å². The van der Waals surface area contributed by atoms with Crippen molar-refractivity contribution in [2.45, 2.75) is 95.3 Å². The smallest absolute Gasteiger partial charge is 0.343 e. The second kappa shape index (κ2) is 7.96. The van der Waals surface area contributed by atoms with Gasteiger partial charge in [0, 0.05) is 24.2 Å². The van der Waals surface area contributed by atoms with Crippen LogP contribution in [0.3, 0.4) is 0 Å². The molecular formula is C30H38O12. The average molecular weight is 591 g/mol. The molecule has 0 spiro atoms. The minimum absolute atomic E-state index is 0.123. The van der Waals surface area contributed by atoms with Crippen LogP contribution in [-0.2, 0) is 28.7 Å². The minimum Gasteiger partial charge on any atom is -0.429 e. The Bertz CT molecular complexity index is 1370. The molecule has 6 fully saturated rings. The molecule has 7 rings (SSSR count). The van der Waals surface area contributed by atoms with Crippen molar-refractivity contribution < 1.29 is 59.3 Å². The Kier molecular flexibility index (Phi) is 5.44. The summed E-state index contributed by atoms with van der Waals surface area (Å²) in [5, 5.41) is 71.0. The summed E-state index contributed by atoms with van der Waals surface area (Å²) in [5.41, 5.74) is -10.0. The highest BCUT2D eigenvalue weighted by Crippen LogP contribution is 2.75. The zero-order valence-electron chi connectivity index (χ0n) is 24.1. The number of ketones is 3. The molecule has 2 heterocycles. The van der Waals surface area contributed by atoms with Crippen LogP contribution in [0.1, 0.15) is 47.5 Å². The first-order valence-corrected chi connectivity index (χ1v) is 14.7. The van der Waals surface area contributed by atoms with Gasteiger partial charge in [0.2, 0.25) is 0 Å². The third kappa shape index (κ3) is 2.61. The predicted octanol–water partition coefficient (Wildman–Crippen LogP) is -1.59. The number of Topliss-reactive ketones (excluding diaryl/α,β-unsaturated/α-hetero) is 3. The number of hydrogen-bond acceptors (Lipinski definition) is 12. The van der Waals surface area contributed by atoms with Crippen molar-refractivity contribution in [3.63, 3.8) is 0 Å². The lowest BCUT2D eigenvalue weighted by Crippen LogP contribution is -2.80. The Hall–Kier alpha value is -2.06. The molecule has 2 saturated heterocycles. The lowest BCUT2D eigenvalue weighted by Gasteiger charge is -2.65. The van der Waals surface area contributed by atoms with E-state index in [0.29, 0.717) is 0 Å². The lowest BCUT2D eigenvalue weighted by molar-refractivity contribution is -0.268. The van der Waals surface area contributed by atoms with E-state index in [2.05, 4.69) is 0 Å². The molecule has 42 heavy (non-hydrogen) atoms. The first-order valence-electron chi connectivity index (χ1n) is 14.7. The standard InChI is InChI=1S/C30H38O12/c1-9-6-15-26(4,27(5,39)25(38)42-15)19-17(9)29(10(2)31)14(33)7-12-16(18(29)21(19)35)20(34)23(36)28(40)8-13-22(41-13)24(37)30(12,28)11(3)32/h6,9,12-14,16-19,21-24,33,35-37,39-40H,7-8H2,1-5H3. The lowest BCUT2D eigenvalue weighted by atomic mass is 9.39. The van der Waals surface area contributed by atoms with Crippen LogP contribution in [0, 0.1) is 51.8 Å². The molecule has 0 radical (unpaired) electrons. The van der Waals surface area contributed by atoms with Gasteiger partial charge >= 0.3 is 5.97 Å². The van der Waals surface area contributed by atoms with E-state index in [-0.39, 0.29) is 18.6 Å². The van der Waals surface area contributed by atoms with Crippen LogP contribution in [0.2, 0.25) is 0 Å². The second-order valence-electron chi connectivity index (χ2n) is 14.4. The third-order valence-electron chi connectivity index (χ3n) is 13.3. The van der Waals surface area contributed by atoms with Crippen molar-refractivity contribution in [3.8, 4) is 0 Å². The van der Waals surface area contributed by atoms with Crippen molar-refractivity contribution >= 4 is 23.3 Å². The van der Waals surface area contributed by atoms with Crippen molar-refractivity contribution in [2.75, 3.05) is 0 Å². The van der Waals surface area contributed by atoms with Crippen LogP contribution in [0.5, 0.6) is 0 Å². The molecule has 0 aromatic heterocycles. The number of esters is 1. The van der Waals surface area contributed by atoms with Gasteiger partial charge in [0.1, 0.15) is 35.1 Å². The molecule has 6 N–H and O–H groups in total. The van der Waals surface area contributed by atoms with Gasteiger partial charge in [0.05, 0.1) is 40.7 Å². The summed E-state index contributed by atoms with van der Waals surface area (Å²) in [5.74, 6) is -9.56. The molecular weight excluding hydrogens is 552 g/mol. The summed E-state index contributed by atoms with van der Waals surface area (Å²) >= 11 is 0. The molecule has 12 heteroatoms. The number of allylic oxidation sites excluding steroid dienone is 1. The Morgan fingerprint density at radius 1 is 0.976 bits per heavy atom. The summed E-state index contributed by atoms with van der Waals surface area (Å²) < 4.78 is 11.0. The van der Waals surface area contributed by atoms with Gasteiger partial charge in [-0.1, -0.05) is 6.92 Å². The largest absolute Gasteiger partial charge is 0.429 e. The number of epoxide rings is 1. The zero-order chi connectivity index (χ0) is 30.9.